The predicted molar refractivity (Wildman–Crippen MR) is 120 cm³/mol. The van der Waals surface area contributed by atoms with E-state index < -0.39 is 11.7 Å². The predicted octanol–water partition coefficient (Wildman–Crippen LogP) is 6.21. The maximum Gasteiger partial charge on any atom is 0.411 e. The van der Waals surface area contributed by atoms with Gasteiger partial charge in [0.05, 0.1) is 15.6 Å². The van der Waals surface area contributed by atoms with Gasteiger partial charge in [0.2, 0.25) is 0 Å². The van der Waals surface area contributed by atoms with Gasteiger partial charge in [-0.3, -0.25) is 15.0 Å². The molecule has 0 aliphatic carbocycles. The number of nitrogens with zero attached hydrogens (tertiary/aromatic N) is 2. The number of hydrogen-bond acceptors (Lipinski definition) is 6. The molecule has 0 spiro atoms. The Morgan fingerprint density at radius 2 is 2.10 bits per heavy atom. The van der Waals surface area contributed by atoms with Crippen LogP contribution in [0, 0.1) is 5.82 Å². The highest BCUT2D eigenvalue weighted by atomic mass is 32.2. The first-order chi connectivity index (χ1) is 14.2. The molecule has 2 heterocycles. The van der Waals surface area contributed by atoms with Crippen LogP contribution in [0.15, 0.2) is 30.3 Å². The van der Waals surface area contributed by atoms with Gasteiger partial charge < -0.3 is 4.74 Å². The molecule has 1 aliphatic heterocycles. The Kier molecular flexibility index (Phi) is 5.59. The fourth-order valence-corrected chi connectivity index (χ4v) is 5.43. The third-order valence-corrected chi connectivity index (χ3v) is 6.71. The summed E-state index contributed by atoms with van der Waals surface area (Å²) in [5.74, 6) is -0.289. The summed E-state index contributed by atoms with van der Waals surface area (Å²) in [6.07, 6.45) is 1.16. The lowest BCUT2D eigenvalue weighted by Gasteiger charge is -2.27. The first kappa shape index (κ1) is 20.9. The molecule has 1 N–H and O–H groups in total. The molecule has 1 aromatic heterocycles. The summed E-state index contributed by atoms with van der Waals surface area (Å²) in [4.78, 5) is 31.1. The molecule has 1 fully saturated rings. The van der Waals surface area contributed by atoms with Crippen molar-refractivity contribution in [1.82, 2.24) is 9.88 Å². The number of benzene rings is 2. The minimum absolute atomic E-state index is 0.266. The van der Waals surface area contributed by atoms with Gasteiger partial charge in [-0.15, -0.1) is 0 Å². The van der Waals surface area contributed by atoms with E-state index in [-0.39, 0.29) is 16.4 Å². The number of carbonyl (C=O) groups is 2. The Balaban J connectivity index is 1.46. The van der Waals surface area contributed by atoms with Crippen LogP contribution in [0.1, 0.15) is 33.6 Å². The van der Waals surface area contributed by atoms with Crippen molar-refractivity contribution in [2.45, 2.75) is 44.6 Å². The van der Waals surface area contributed by atoms with E-state index in [4.69, 9.17) is 4.74 Å². The summed E-state index contributed by atoms with van der Waals surface area (Å²) < 4.78 is 19.8. The smallest absolute Gasteiger partial charge is 0.411 e. The first-order valence-corrected chi connectivity index (χ1v) is 11.4. The van der Waals surface area contributed by atoms with Crippen LogP contribution < -0.4 is 5.32 Å². The van der Waals surface area contributed by atoms with Crippen molar-refractivity contribution in [2.75, 3.05) is 11.9 Å². The van der Waals surface area contributed by atoms with E-state index in [1.807, 2.05) is 32.9 Å². The topological polar surface area (TPSA) is 71.5 Å². The van der Waals surface area contributed by atoms with Crippen LogP contribution in [-0.2, 0) is 4.74 Å². The SMILES string of the molecule is CC(C)(C)OC(=O)N1CCCC1SC(=O)Nc1nc2ccc3cc(F)ccc3c2s1. The van der Waals surface area contributed by atoms with Crippen LogP contribution >= 0.6 is 23.1 Å². The number of rotatable bonds is 2. The Hall–Kier alpha value is -2.39. The van der Waals surface area contributed by atoms with Crippen LogP contribution in [0.25, 0.3) is 21.0 Å². The van der Waals surface area contributed by atoms with E-state index in [1.54, 1.807) is 11.0 Å². The number of thioether (sulfide) groups is 1. The van der Waals surface area contributed by atoms with Crippen LogP contribution in [0.3, 0.4) is 0 Å². The Morgan fingerprint density at radius 1 is 1.30 bits per heavy atom. The maximum absolute atomic E-state index is 13.5. The minimum atomic E-state index is -0.580. The van der Waals surface area contributed by atoms with Crippen molar-refractivity contribution in [3.8, 4) is 0 Å². The quantitative estimate of drug-likeness (QED) is 0.506. The molecule has 2 amide bonds. The molecule has 0 saturated carbocycles. The van der Waals surface area contributed by atoms with Gasteiger partial charge in [0, 0.05) is 11.9 Å². The molecular weight excluding hydrogens is 425 g/mol. The average Bonchev–Trinajstić information content (AvgIpc) is 3.26. The van der Waals surface area contributed by atoms with E-state index >= 15 is 0 Å². The number of amides is 2. The molecule has 0 bridgehead atoms. The Labute approximate surface area is 181 Å². The maximum atomic E-state index is 13.5. The van der Waals surface area contributed by atoms with E-state index in [2.05, 4.69) is 10.3 Å². The minimum Gasteiger partial charge on any atom is -0.444 e. The van der Waals surface area contributed by atoms with Crippen LogP contribution in [0.2, 0.25) is 0 Å². The van der Waals surface area contributed by atoms with Gasteiger partial charge in [-0.2, -0.15) is 0 Å². The lowest BCUT2D eigenvalue weighted by atomic mass is 10.1. The number of carbonyl (C=O) groups excluding carboxylic acids is 2. The van der Waals surface area contributed by atoms with Gasteiger partial charge in [0.1, 0.15) is 11.4 Å². The standard InChI is InChI=1S/C21H22FN3O3S2/c1-21(2,3)28-20(27)25-10-4-5-16(25)29-19(26)24-18-23-15-9-6-12-11-13(22)7-8-14(12)17(15)30-18/h6-9,11,16H,4-5,10H2,1-3H3,(H,23,24,26). The lowest BCUT2D eigenvalue weighted by Crippen LogP contribution is -2.39. The van der Waals surface area contributed by atoms with Crippen LogP contribution in [-0.4, -0.2) is 38.7 Å². The highest BCUT2D eigenvalue weighted by Crippen LogP contribution is 2.35. The summed E-state index contributed by atoms with van der Waals surface area (Å²) in [6.45, 7) is 6.03. The number of ether oxygens (including phenoxy) is 1. The lowest BCUT2D eigenvalue weighted by molar-refractivity contribution is 0.0278. The number of fused-ring (bicyclic) bond motifs is 3. The summed E-state index contributed by atoms with van der Waals surface area (Å²) in [5, 5.41) is 4.44. The highest BCUT2D eigenvalue weighted by molar-refractivity contribution is 8.14. The molecule has 2 aromatic carbocycles. The number of anilines is 1. The molecule has 3 aromatic rings. The molecule has 4 rings (SSSR count). The summed E-state index contributed by atoms with van der Waals surface area (Å²) in [5.41, 5.74) is 0.166. The number of aromatic nitrogens is 1. The molecule has 9 heteroatoms. The number of halogens is 1. The van der Waals surface area contributed by atoms with Gasteiger partial charge in [0.25, 0.3) is 5.24 Å². The number of thiazole rings is 1. The molecule has 6 nitrogen and oxygen atoms in total. The van der Waals surface area contributed by atoms with Crippen molar-refractivity contribution in [3.63, 3.8) is 0 Å². The first-order valence-electron chi connectivity index (χ1n) is 9.66. The number of hydrogen-bond donors (Lipinski definition) is 1. The Bertz CT molecular complexity index is 1130. The average molecular weight is 448 g/mol. The van der Waals surface area contributed by atoms with Gasteiger partial charge in [-0.25, -0.2) is 14.2 Å². The molecule has 1 aliphatic rings. The zero-order valence-electron chi connectivity index (χ0n) is 16.9. The van der Waals surface area contributed by atoms with Gasteiger partial charge >= 0.3 is 6.09 Å². The summed E-state index contributed by atoms with van der Waals surface area (Å²) >= 11 is 2.42. The van der Waals surface area contributed by atoms with Gasteiger partial charge in [-0.1, -0.05) is 17.4 Å². The fourth-order valence-electron chi connectivity index (χ4n) is 3.37. The molecule has 0 radical (unpaired) electrons. The van der Waals surface area contributed by atoms with Crippen molar-refractivity contribution >= 4 is 60.6 Å². The molecule has 1 atom stereocenters. The third-order valence-electron chi connectivity index (χ3n) is 4.61. The van der Waals surface area contributed by atoms with E-state index in [0.29, 0.717) is 11.7 Å². The largest absolute Gasteiger partial charge is 0.444 e. The molecule has 1 saturated heterocycles. The summed E-state index contributed by atoms with van der Waals surface area (Å²) in [6, 6.07) is 8.26. The van der Waals surface area contributed by atoms with Gasteiger partial charge in [-0.05, 0) is 75.0 Å². The molecule has 158 valence electrons. The second kappa shape index (κ2) is 8.03. The fraction of sp³-hybridized carbons (Fsp3) is 0.381. The highest BCUT2D eigenvalue weighted by Gasteiger charge is 2.34. The van der Waals surface area contributed by atoms with Crippen LogP contribution in [0.5, 0.6) is 0 Å². The van der Waals surface area contributed by atoms with Crippen molar-refractivity contribution in [2.24, 2.45) is 0 Å². The molecule has 30 heavy (non-hydrogen) atoms. The number of likely N-dealkylation sites (tertiary alicyclic amines) is 1. The van der Waals surface area contributed by atoms with Crippen molar-refractivity contribution in [1.29, 1.82) is 0 Å². The van der Waals surface area contributed by atoms with E-state index in [1.165, 1.54) is 23.5 Å². The van der Waals surface area contributed by atoms with E-state index in [0.717, 1.165) is 45.6 Å². The number of nitrogens with one attached hydrogen (secondary N) is 1. The summed E-state index contributed by atoms with van der Waals surface area (Å²) in [7, 11) is 0. The van der Waals surface area contributed by atoms with Gasteiger partial charge in [0.15, 0.2) is 5.13 Å². The zero-order chi connectivity index (χ0) is 21.5. The Morgan fingerprint density at radius 3 is 2.87 bits per heavy atom. The second-order valence-electron chi connectivity index (χ2n) is 8.10. The van der Waals surface area contributed by atoms with E-state index in [9.17, 15) is 14.0 Å². The molecular formula is C21H22FN3O3S2. The zero-order valence-corrected chi connectivity index (χ0v) is 18.5. The normalized spacial score (nSPS) is 16.9. The van der Waals surface area contributed by atoms with Crippen molar-refractivity contribution < 1.29 is 18.7 Å². The van der Waals surface area contributed by atoms with Crippen molar-refractivity contribution in [3.05, 3.63) is 36.1 Å². The third kappa shape index (κ3) is 4.52. The monoisotopic (exact) mass is 447 g/mol. The second-order valence-corrected chi connectivity index (χ2v) is 10.2. The molecule has 1 unspecified atom stereocenters. The van der Waals surface area contributed by atoms with Crippen LogP contribution in [0.4, 0.5) is 19.1 Å².